The highest BCUT2D eigenvalue weighted by atomic mass is 16.5. The van der Waals surface area contributed by atoms with Crippen molar-refractivity contribution in [2.75, 3.05) is 12.5 Å². The summed E-state index contributed by atoms with van der Waals surface area (Å²) >= 11 is 0. The lowest BCUT2D eigenvalue weighted by Gasteiger charge is -2.13. The molecule has 1 N–H and O–H groups in total. The number of nitrogens with zero attached hydrogens (tertiary/aromatic N) is 3. The van der Waals surface area contributed by atoms with Crippen molar-refractivity contribution in [1.82, 2.24) is 0 Å². The monoisotopic (exact) mass is 304 g/mol. The van der Waals surface area contributed by atoms with Crippen LogP contribution in [0.3, 0.4) is 0 Å². The van der Waals surface area contributed by atoms with Crippen LogP contribution in [0, 0.1) is 22.7 Å². The smallest absolute Gasteiger partial charge is 0.338 e. The Bertz CT molecular complexity index is 814. The Labute approximate surface area is 133 Å². The molecular formula is C17H12N4O2. The van der Waals surface area contributed by atoms with Crippen LogP contribution in [0.15, 0.2) is 53.6 Å². The van der Waals surface area contributed by atoms with Crippen LogP contribution >= 0.6 is 0 Å². The lowest BCUT2D eigenvalue weighted by atomic mass is 9.98. The molecule has 23 heavy (non-hydrogen) atoms. The van der Waals surface area contributed by atoms with Gasteiger partial charge in [0.1, 0.15) is 12.1 Å². The van der Waals surface area contributed by atoms with Crippen LogP contribution in [-0.2, 0) is 4.74 Å². The first-order valence-electron chi connectivity index (χ1n) is 6.62. The number of hydrazone groups is 1. The number of rotatable bonds is 4. The van der Waals surface area contributed by atoms with Crippen molar-refractivity contribution >= 4 is 17.4 Å². The van der Waals surface area contributed by atoms with Crippen molar-refractivity contribution in [3.8, 4) is 23.3 Å². The zero-order valence-electron chi connectivity index (χ0n) is 12.3. The van der Waals surface area contributed by atoms with Crippen LogP contribution < -0.4 is 5.43 Å². The predicted molar refractivity (Wildman–Crippen MR) is 85.5 cm³/mol. The van der Waals surface area contributed by atoms with Gasteiger partial charge in [-0.3, -0.25) is 5.43 Å². The number of nitrogens with one attached hydrogen (secondary N) is 1. The first-order valence-corrected chi connectivity index (χ1v) is 6.62. The summed E-state index contributed by atoms with van der Waals surface area (Å²) in [6.45, 7) is 0. The summed E-state index contributed by atoms with van der Waals surface area (Å²) in [5, 5.41) is 21.2. The molecule has 6 nitrogen and oxygen atoms in total. The van der Waals surface area contributed by atoms with Gasteiger partial charge in [-0.05, 0) is 17.7 Å². The zero-order chi connectivity index (χ0) is 16.7. The molecule has 2 aromatic rings. The molecule has 0 unspecified atom stereocenters. The average molecular weight is 304 g/mol. The molecule has 0 aliphatic carbocycles. The van der Waals surface area contributed by atoms with E-state index in [1.807, 2.05) is 30.3 Å². The van der Waals surface area contributed by atoms with Gasteiger partial charge >= 0.3 is 5.97 Å². The Balaban J connectivity index is 2.59. The molecule has 0 radical (unpaired) electrons. The minimum Gasteiger partial charge on any atom is -0.465 e. The van der Waals surface area contributed by atoms with Gasteiger partial charge < -0.3 is 4.74 Å². The van der Waals surface area contributed by atoms with E-state index < -0.39 is 5.97 Å². The first-order chi connectivity index (χ1) is 11.2. The molecule has 0 saturated carbocycles. The number of carbonyl (C=O) groups is 1. The van der Waals surface area contributed by atoms with Gasteiger partial charge in [-0.15, -0.1) is 0 Å². The Morgan fingerprint density at radius 3 is 2.39 bits per heavy atom. The minimum atomic E-state index is -0.489. The van der Waals surface area contributed by atoms with Crippen LogP contribution in [0.2, 0.25) is 0 Å². The lowest BCUT2D eigenvalue weighted by molar-refractivity contribution is 0.0601. The highest BCUT2D eigenvalue weighted by molar-refractivity contribution is 6.10. The summed E-state index contributed by atoms with van der Waals surface area (Å²) in [4.78, 5) is 12.0. The fraction of sp³-hybridized carbons (Fsp3) is 0.0588. The number of benzene rings is 2. The standard InChI is InChI=1S/C17H12N4O2/c1-23-17(22)14-8-5-9-15(21-20-13(10-18)11-19)16(14)12-6-3-2-4-7-12/h2-9,21H,1H3. The van der Waals surface area contributed by atoms with E-state index in [9.17, 15) is 4.79 Å². The number of esters is 1. The molecule has 6 heteroatoms. The van der Waals surface area contributed by atoms with E-state index >= 15 is 0 Å². The van der Waals surface area contributed by atoms with Crippen LogP contribution in [0.5, 0.6) is 0 Å². The number of methoxy groups -OCH3 is 1. The second-order valence-corrected chi connectivity index (χ2v) is 4.38. The normalized spacial score (nSPS) is 9.17. The maximum Gasteiger partial charge on any atom is 0.338 e. The van der Waals surface area contributed by atoms with Gasteiger partial charge in [-0.25, -0.2) is 4.79 Å². The fourth-order valence-electron chi connectivity index (χ4n) is 2.03. The van der Waals surface area contributed by atoms with Gasteiger partial charge in [0.15, 0.2) is 0 Å². The number of nitriles is 2. The van der Waals surface area contributed by atoms with Crippen LogP contribution in [0.1, 0.15) is 10.4 Å². The third-order valence-electron chi connectivity index (χ3n) is 3.03. The molecular weight excluding hydrogens is 292 g/mol. The van der Waals surface area contributed by atoms with Gasteiger partial charge in [0.2, 0.25) is 5.71 Å². The maximum absolute atomic E-state index is 12.0. The SMILES string of the molecule is COC(=O)c1cccc(NN=C(C#N)C#N)c1-c1ccccc1. The van der Waals surface area contributed by atoms with Crippen LogP contribution in [0.25, 0.3) is 11.1 Å². The van der Waals surface area contributed by atoms with Crippen molar-refractivity contribution in [3.63, 3.8) is 0 Å². The molecule has 0 heterocycles. The van der Waals surface area contributed by atoms with Crippen molar-refractivity contribution in [1.29, 1.82) is 10.5 Å². The van der Waals surface area contributed by atoms with Crippen LogP contribution in [-0.4, -0.2) is 18.8 Å². The van der Waals surface area contributed by atoms with Gasteiger partial charge in [-0.2, -0.15) is 15.6 Å². The molecule has 0 amide bonds. The van der Waals surface area contributed by atoms with Crippen LogP contribution in [0.4, 0.5) is 5.69 Å². The quantitative estimate of drug-likeness (QED) is 0.532. The summed E-state index contributed by atoms with van der Waals surface area (Å²) in [5.41, 5.74) is 4.56. The summed E-state index contributed by atoms with van der Waals surface area (Å²) in [7, 11) is 1.30. The number of hydrogen-bond acceptors (Lipinski definition) is 6. The Morgan fingerprint density at radius 1 is 1.09 bits per heavy atom. The van der Waals surface area contributed by atoms with E-state index in [-0.39, 0.29) is 5.71 Å². The van der Waals surface area contributed by atoms with Gasteiger partial charge in [0.05, 0.1) is 18.4 Å². The van der Waals surface area contributed by atoms with E-state index in [2.05, 4.69) is 10.5 Å². The molecule has 0 saturated heterocycles. The minimum absolute atomic E-state index is 0.313. The summed E-state index contributed by atoms with van der Waals surface area (Å²) in [6.07, 6.45) is 0. The number of ether oxygens (including phenoxy) is 1. The molecule has 0 atom stereocenters. The van der Waals surface area contributed by atoms with E-state index in [4.69, 9.17) is 15.3 Å². The van der Waals surface area contributed by atoms with Crippen molar-refractivity contribution in [2.24, 2.45) is 5.10 Å². The van der Waals surface area contributed by atoms with Crippen molar-refractivity contribution in [3.05, 3.63) is 54.1 Å². The molecule has 0 aliphatic heterocycles. The topological polar surface area (TPSA) is 98.3 Å². The molecule has 0 aromatic heterocycles. The Hall–Kier alpha value is -3.64. The molecule has 0 spiro atoms. The molecule has 2 aromatic carbocycles. The lowest BCUT2D eigenvalue weighted by Crippen LogP contribution is -2.06. The second-order valence-electron chi connectivity index (χ2n) is 4.38. The summed E-state index contributed by atoms with van der Waals surface area (Å²) in [6, 6.07) is 17.5. The molecule has 0 fully saturated rings. The van der Waals surface area contributed by atoms with Gasteiger partial charge in [0.25, 0.3) is 0 Å². The highest BCUT2D eigenvalue weighted by Gasteiger charge is 2.16. The Kier molecular flexibility index (Phi) is 5.06. The number of hydrogen-bond donors (Lipinski definition) is 1. The van der Waals surface area contributed by atoms with E-state index in [1.165, 1.54) is 7.11 Å². The fourth-order valence-corrected chi connectivity index (χ4v) is 2.03. The average Bonchev–Trinajstić information content (AvgIpc) is 2.62. The third-order valence-corrected chi connectivity index (χ3v) is 3.03. The molecule has 0 aliphatic rings. The molecule has 112 valence electrons. The van der Waals surface area contributed by atoms with E-state index in [0.29, 0.717) is 16.8 Å². The van der Waals surface area contributed by atoms with Crippen molar-refractivity contribution < 1.29 is 9.53 Å². The van der Waals surface area contributed by atoms with E-state index in [1.54, 1.807) is 30.3 Å². The van der Waals surface area contributed by atoms with Gasteiger partial charge in [-0.1, -0.05) is 36.4 Å². The highest BCUT2D eigenvalue weighted by Crippen LogP contribution is 2.32. The zero-order valence-corrected chi connectivity index (χ0v) is 12.3. The molecule has 2 rings (SSSR count). The first kappa shape index (κ1) is 15.7. The summed E-state index contributed by atoms with van der Waals surface area (Å²) < 4.78 is 4.81. The van der Waals surface area contributed by atoms with E-state index in [0.717, 1.165) is 5.56 Å². The van der Waals surface area contributed by atoms with Gasteiger partial charge in [0, 0.05) is 5.56 Å². The predicted octanol–water partition coefficient (Wildman–Crippen LogP) is 2.96. The molecule has 0 bridgehead atoms. The number of carbonyl (C=O) groups excluding carboxylic acids is 1. The second kappa shape index (κ2) is 7.39. The maximum atomic E-state index is 12.0. The summed E-state index contributed by atoms with van der Waals surface area (Å²) in [5.74, 6) is -0.489. The third kappa shape index (κ3) is 3.52. The van der Waals surface area contributed by atoms with Crippen molar-refractivity contribution in [2.45, 2.75) is 0 Å². The number of anilines is 1. The largest absolute Gasteiger partial charge is 0.465 e. The Morgan fingerprint density at radius 2 is 1.78 bits per heavy atom.